The maximum absolute atomic E-state index is 12.7. The molecule has 1 aliphatic heterocycles. The summed E-state index contributed by atoms with van der Waals surface area (Å²) in [4.78, 5) is 30.5. The smallest absolute Gasteiger partial charge is 0.414 e. The summed E-state index contributed by atoms with van der Waals surface area (Å²) in [5.41, 5.74) is 4.29. The minimum atomic E-state index is -0.394. The first-order valence-electron chi connectivity index (χ1n) is 9.73. The van der Waals surface area contributed by atoms with Gasteiger partial charge in [-0.25, -0.2) is 9.78 Å². The Bertz CT molecular complexity index is 1080. The number of ether oxygens (including phenoxy) is 1. The van der Waals surface area contributed by atoms with Crippen LogP contribution in [0.5, 0.6) is 0 Å². The van der Waals surface area contributed by atoms with E-state index in [1.54, 1.807) is 24.3 Å². The van der Waals surface area contributed by atoms with Crippen molar-refractivity contribution in [1.29, 1.82) is 0 Å². The van der Waals surface area contributed by atoms with Crippen LogP contribution < -0.4 is 10.2 Å². The molecule has 0 bridgehead atoms. The Labute approximate surface area is 179 Å². The van der Waals surface area contributed by atoms with Crippen molar-refractivity contribution >= 4 is 34.2 Å². The zero-order valence-corrected chi connectivity index (χ0v) is 18.0. The Morgan fingerprint density at radius 2 is 1.93 bits per heavy atom. The normalized spacial score (nSPS) is 14.0. The van der Waals surface area contributed by atoms with Gasteiger partial charge in [-0.2, -0.15) is 0 Å². The van der Waals surface area contributed by atoms with Crippen molar-refractivity contribution in [3.8, 4) is 11.3 Å². The third kappa shape index (κ3) is 4.21. The molecular weight excluding hydrogens is 398 g/mol. The average Bonchev–Trinajstić information content (AvgIpc) is 3.36. The third-order valence-corrected chi connectivity index (χ3v) is 5.71. The molecule has 2 amide bonds. The molecular formula is C23H23N3O3S. The van der Waals surface area contributed by atoms with Gasteiger partial charge in [0.1, 0.15) is 6.61 Å². The molecule has 2 heterocycles. The fourth-order valence-corrected chi connectivity index (χ4v) is 3.93. The van der Waals surface area contributed by atoms with E-state index in [-0.39, 0.29) is 11.3 Å². The lowest BCUT2D eigenvalue weighted by atomic mass is 9.86. The van der Waals surface area contributed by atoms with Crippen LogP contribution >= 0.6 is 11.3 Å². The highest BCUT2D eigenvalue weighted by atomic mass is 32.1. The number of rotatable bonds is 4. The number of nitrogens with one attached hydrogen (secondary N) is 1. The number of cyclic esters (lactones) is 1. The number of carbonyl (C=O) groups is 2. The number of thiazole rings is 1. The SMILES string of the molecule is CC(C)(C)c1ccc(-c2csc(NC(=O)c3cccc(N4CCOC4=O)c3)n2)cc1. The maximum Gasteiger partial charge on any atom is 0.414 e. The molecule has 154 valence electrons. The van der Waals surface area contributed by atoms with Gasteiger partial charge in [0.25, 0.3) is 5.91 Å². The van der Waals surface area contributed by atoms with Gasteiger partial charge < -0.3 is 4.74 Å². The van der Waals surface area contributed by atoms with Crippen LogP contribution in [0.25, 0.3) is 11.3 Å². The Hall–Kier alpha value is -3.19. The zero-order chi connectivity index (χ0) is 21.3. The van der Waals surface area contributed by atoms with Crippen molar-refractivity contribution in [3.63, 3.8) is 0 Å². The number of amides is 2. The van der Waals surface area contributed by atoms with E-state index in [2.05, 4.69) is 55.3 Å². The maximum atomic E-state index is 12.7. The number of aromatic nitrogens is 1. The van der Waals surface area contributed by atoms with Crippen LogP contribution in [0.2, 0.25) is 0 Å². The molecule has 1 aromatic heterocycles. The average molecular weight is 422 g/mol. The molecule has 0 radical (unpaired) electrons. The Morgan fingerprint density at radius 3 is 2.60 bits per heavy atom. The topological polar surface area (TPSA) is 71.5 Å². The second-order valence-electron chi connectivity index (χ2n) is 8.14. The van der Waals surface area contributed by atoms with Crippen LogP contribution in [0.1, 0.15) is 36.7 Å². The Kier molecular flexibility index (Phi) is 5.30. The molecule has 1 aliphatic rings. The quantitative estimate of drug-likeness (QED) is 0.619. The summed E-state index contributed by atoms with van der Waals surface area (Å²) < 4.78 is 4.96. The number of carbonyl (C=O) groups excluding carboxylic acids is 2. The second-order valence-corrected chi connectivity index (χ2v) is 8.99. The van der Waals surface area contributed by atoms with Crippen LogP contribution in [0, 0.1) is 0 Å². The molecule has 0 atom stereocenters. The van der Waals surface area contributed by atoms with E-state index in [1.165, 1.54) is 21.8 Å². The molecule has 1 fully saturated rings. The highest BCUT2D eigenvalue weighted by Crippen LogP contribution is 2.29. The highest BCUT2D eigenvalue weighted by molar-refractivity contribution is 7.14. The molecule has 7 heteroatoms. The van der Waals surface area contributed by atoms with Crippen LogP contribution in [0.15, 0.2) is 53.9 Å². The summed E-state index contributed by atoms with van der Waals surface area (Å²) in [5, 5.41) is 5.30. The summed E-state index contributed by atoms with van der Waals surface area (Å²) in [6.07, 6.45) is -0.394. The zero-order valence-electron chi connectivity index (χ0n) is 17.1. The van der Waals surface area contributed by atoms with Gasteiger partial charge in [0.2, 0.25) is 0 Å². The third-order valence-electron chi connectivity index (χ3n) is 4.95. The first-order chi connectivity index (χ1) is 14.3. The van der Waals surface area contributed by atoms with E-state index < -0.39 is 6.09 Å². The molecule has 2 aromatic carbocycles. The monoisotopic (exact) mass is 421 g/mol. The number of anilines is 2. The van der Waals surface area contributed by atoms with E-state index in [9.17, 15) is 9.59 Å². The minimum absolute atomic E-state index is 0.0973. The molecule has 0 saturated carbocycles. The van der Waals surface area contributed by atoms with Gasteiger partial charge in [0.15, 0.2) is 5.13 Å². The number of hydrogen-bond acceptors (Lipinski definition) is 5. The molecule has 0 unspecified atom stereocenters. The van der Waals surface area contributed by atoms with Crippen molar-refractivity contribution < 1.29 is 14.3 Å². The molecule has 0 aliphatic carbocycles. The summed E-state index contributed by atoms with van der Waals surface area (Å²) in [5.74, 6) is -0.270. The fourth-order valence-electron chi connectivity index (χ4n) is 3.22. The Morgan fingerprint density at radius 1 is 1.17 bits per heavy atom. The van der Waals surface area contributed by atoms with Gasteiger partial charge in [0.05, 0.1) is 12.2 Å². The van der Waals surface area contributed by atoms with Gasteiger partial charge in [-0.3, -0.25) is 15.0 Å². The minimum Gasteiger partial charge on any atom is -0.447 e. The van der Waals surface area contributed by atoms with Crippen molar-refractivity contribution in [1.82, 2.24) is 4.98 Å². The highest BCUT2D eigenvalue weighted by Gasteiger charge is 2.24. The Balaban J connectivity index is 1.47. The van der Waals surface area contributed by atoms with Crippen molar-refractivity contribution in [3.05, 3.63) is 65.0 Å². The lowest BCUT2D eigenvalue weighted by Crippen LogP contribution is -2.23. The predicted octanol–water partition coefficient (Wildman–Crippen LogP) is 5.32. The molecule has 1 saturated heterocycles. The van der Waals surface area contributed by atoms with Crippen LogP contribution in [0.3, 0.4) is 0 Å². The van der Waals surface area contributed by atoms with Crippen molar-refractivity contribution in [2.75, 3.05) is 23.4 Å². The van der Waals surface area contributed by atoms with Crippen LogP contribution in [-0.4, -0.2) is 30.1 Å². The molecule has 0 spiro atoms. The van der Waals surface area contributed by atoms with E-state index in [4.69, 9.17) is 4.74 Å². The van der Waals surface area contributed by atoms with Crippen LogP contribution in [0.4, 0.5) is 15.6 Å². The standard InChI is InChI=1S/C23H23N3O3S/c1-23(2,3)17-9-7-15(8-10-17)19-14-30-21(24-19)25-20(27)16-5-4-6-18(13-16)26-11-12-29-22(26)28/h4-10,13-14H,11-12H2,1-3H3,(H,24,25,27). The first kappa shape index (κ1) is 20.1. The second kappa shape index (κ2) is 7.91. The van der Waals surface area contributed by atoms with E-state index in [1.807, 2.05) is 5.38 Å². The first-order valence-corrected chi connectivity index (χ1v) is 10.6. The van der Waals surface area contributed by atoms with Gasteiger partial charge >= 0.3 is 6.09 Å². The van der Waals surface area contributed by atoms with E-state index in [0.717, 1.165) is 11.3 Å². The summed E-state index contributed by atoms with van der Waals surface area (Å²) >= 11 is 1.38. The molecule has 3 aromatic rings. The lowest BCUT2D eigenvalue weighted by Gasteiger charge is -2.18. The molecule has 1 N–H and O–H groups in total. The number of benzene rings is 2. The molecule has 30 heavy (non-hydrogen) atoms. The number of nitrogens with zero attached hydrogens (tertiary/aromatic N) is 2. The molecule has 6 nitrogen and oxygen atoms in total. The summed E-state index contributed by atoms with van der Waals surface area (Å²) in [6.45, 7) is 7.38. The van der Waals surface area contributed by atoms with E-state index >= 15 is 0 Å². The van der Waals surface area contributed by atoms with Gasteiger partial charge in [-0.15, -0.1) is 11.3 Å². The lowest BCUT2D eigenvalue weighted by molar-refractivity contribution is 0.102. The van der Waals surface area contributed by atoms with E-state index in [0.29, 0.717) is 29.5 Å². The summed E-state index contributed by atoms with van der Waals surface area (Å²) in [6, 6.07) is 15.3. The largest absolute Gasteiger partial charge is 0.447 e. The number of hydrogen-bond donors (Lipinski definition) is 1. The predicted molar refractivity (Wildman–Crippen MR) is 119 cm³/mol. The van der Waals surface area contributed by atoms with Crippen LogP contribution in [-0.2, 0) is 10.2 Å². The van der Waals surface area contributed by atoms with Crippen molar-refractivity contribution in [2.45, 2.75) is 26.2 Å². The van der Waals surface area contributed by atoms with Gasteiger partial charge in [-0.05, 0) is 29.2 Å². The fraction of sp³-hybridized carbons (Fsp3) is 0.261. The van der Waals surface area contributed by atoms with Gasteiger partial charge in [-0.1, -0.05) is 51.1 Å². The summed E-state index contributed by atoms with van der Waals surface area (Å²) in [7, 11) is 0. The van der Waals surface area contributed by atoms with Crippen molar-refractivity contribution in [2.24, 2.45) is 0 Å². The molecule has 4 rings (SSSR count). The van der Waals surface area contributed by atoms with Gasteiger partial charge in [0, 0.05) is 22.2 Å².